The number of nitro groups is 1. The first-order valence-corrected chi connectivity index (χ1v) is 8.53. The van der Waals surface area contributed by atoms with Crippen molar-refractivity contribution in [2.24, 2.45) is 5.16 Å². The van der Waals surface area contributed by atoms with E-state index in [-0.39, 0.29) is 12.0 Å². The summed E-state index contributed by atoms with van der Waals surface area (Å²) in [5.41, 5.74) is 2.88. The molecule has 4 rings (SSSR count). The Morgan fingerprint density at radius 1 is 1.08 bits per heavy atom. The average molecular weight is 341 g/mol. The molecule has 0 spiro atoms. The van der Waals surface area contributed by atoms with Gasteiger partial charge < -0.3 is 14.2 Å². The number of nitrogens with zero attached hydrogens (tertiary/aromatic N) is 3. The van der Waals surface area contributed by atoms with Crippen LogP contribution in [0.3, 0.4) is 0 Å². The molecule has 0 N–H and O–H groups in total. The van der Waals surface area contributed by atoms with Crippen molar-refractivity contribution >= 4 is 17.3 Å². The first-order valence-electron chi connectivity index (χ1n) is 8.53. The van der Waals surface area contributed by atoms with E-state index in [0.29, 0.717) is 17.9 Å². The summed E-state index contributed by atoms with van der Waals surface area (Å²) >= 11 is 0. The topological polar surface area (TPSA) is 81.1 Å². The fourth-order valence-electron chi connectivity index (χ4n) is 3.33. The third kappa shape index (κ3) is 3.22. The van der Waals surface area contributed by atoms with Crippen molar-refractivity contribution < 1.29 is 14.2 Å². The minimum Gasteiger partial charge on any atom is -0.399 e. The normalized spacial score (nSPS) is 20.2. The van der Waals surface area contributed by atoms with Gasteiger partial charge in [0, 0.05) is 25.2 Å². The zero-order chi connectivity index (χ0) is 17.2. The summed E-state index contributed by atoms with van der Waals surface area (Å²) in [4.78, 5) is 18.1. The highest BCUT2D eigenvalue weighted by molar-refractivity contribution is 5.99. The third-order valence-corrected chi connectivity index (χ3v) is 4.71. The number of hydrogen-bond donors (Lipinski definition) is 0. The van der Waals surface area contributed by atoms with E-state index in [9.17, 15) is 10.1 Å². The van der Waals surface area contributed by atoms with Crippen LogP contribution in [0.2, 0.25) is 0 Å². The van der Waals surface area contributed by atoms with Crippen molar-refractivity contribution in [3.8, 4) is 0 Å². The Balaban J connectivity index is 1.42. The fraction of sp³-hybridized carbons (Fsp3) is 0.389. The predicted molar refractivity (Wildman–Crippen MR) is 92.8 cm³/mol. The van der Waals surface area contributed by atoms with Crippen molar-refractivity contribution in [1.82, 2.24) is 0 Å². The molecule has 2 aliphatic rings. The van der Waals surface area contributed by atoms with E-state index >= 15 is 0 Å². The lowest BCUT2D eigenvalue weighted by Crippen LogP contribution is -2.29. The highest BCUT2D eigenvalue weighted by atomic mass is 16.7. The zero-order valence-corrected chi connectivity index (χ0v) is 13.8. The minimum atomic E-state index is -0.559. The first-order chi connectivity index (χ1) is 12.2. The van der Waals surface area contributed by atoms with Gasteiger partial charge in [0.15, 0.2) is 11.9 Å². The Morgan fingerprint density at radius 2 is 1.84 bits per heavy atom. The molecule has 1 saturated heterocycles. The summed E-state index contributed by atoms with van der Waals surface area (Å²) < 4.78 is 5.20. The molecule has 0 radical (unpaired) electrons. The maximum Gasteiger partial charge on any atom is 0.433 e. The third-order valence-electron chi connectivity index (χ3n) is 4.71. The number of hydrogen-bond acceptors (Lipinski definition) is 6. The maximum atomic E-state index is 10.7. The molecule has 7 heteroatoms. The van der Waals surface area contributed by atoms with Gasteiger partial charge in [0.05, 0.1) is 6.07 Å². The van der Waals surface area contributed by atoms with E-state index < -0.39 is 4.92 Å². The smallest absolute Gasteiger partial charge is 0.399 e. The second-order valence-corrected chi connectivity index (χ2v) is 6.37. The molecule has 2 aromatic rings. The van der Waals surface area contributed by atoms with Crippen LogP contribution in [0.1, 0.15) is 43.1 Å². The summed E-state index contributed by atoms with van der Waals surface area (Å²) in [7, 11) is 0. The van der Waals surface area contributed by atoms with Gasteiger partial charge in [0.25, 0.3) is 0 Å². The molecule has 3 heterocycles. The van der Waals surface area contributed by atoms with E-state index in [0.717, 1.165) is 18.7 Å². The van der Waals surface area contributed by atoms with E-state index in [1.807, 2.05) is 0 Å². The Morgan fingerprint density at radius 3 is 2.52 bits per heavy atom. The quantitative estimate of drug-likeness (QED) is 0.619. The number of piperidine rings is 1. The van der Waals surface area contributed by atoms with Crippen LogP contribution in [0, 0.1) is 10.1 Å². The van der Waals surface area contributed by atoms with Crippen molar-refractivity contribution in [3.63, 3.8) is 0 Å². The van der Waals surface area contributed by atoms with Gasteiger partial charge in [-0.25, -0.2) is 0 Å². The summed E-state index contributed by atoms with van der Waals surface area (Å²) in [6.07, 6.45) is 4.16. The van der Waals surface area contributed by atoms with Crippen LogP contribution in [0.15, 0.2) is 46.0 Å². The van der Waals surface area contributed by atoms with Gasteiger partial charge >= 0.3 is 5.88 Å². The number of furan rings is 1. The lowest BCUT2D eigenvalue weighted by molar-refractivity contribution is -0.402. The van der Waals surface area contributed by atoms with Gasteiger partial charge in [0.1, 0.15) is 10.6 Å². The molecule has 0 saturated carbocycles. The number of benzene rings is 1. The molecule has 0 amide bonds. The van der Waals surface area contributed by atoms with E-state index in [1.54, 1.807) is 6.07 Å². The maximum absolute atomic E-state index is 10.7. The fourth-order valence-corrected chi connectivity index (χ4v) is 3.33. The predicted octanol–water partition coefficient (Wildman–Crippen LogP) is 4.04. The summed E-state index contributed by atoms with van der Waals surface area (Å²) in [5, 5.41) is 14.8. The molecular weight excluding hydrogens is 322 g/mol. The molecular formula is C18H19N3O4. The molecule has 0 bridgehead atoms. The van der Waals surface area contributed by atoms with E-state index in [2.05, 4.69) is 34.3 Å². The highest BCUT2D eigenvalue weighted by Gasteiger charge is 2.27. The van der Waals surface area contributed by atoms with Crippen LogP contribution in [0.5, 0.6) is 0 Å². The van der Waals surface area contributed by atoms with Gasteiger partial charge in [-0.2, -0.15) is 0 Å². The summed E-state index contributed by atoms with van der Waals surface area (Å²) in [5.74, 6) is 0.103. The second kappa shape index (κ2) is 6.58. The van der Waals surface area contributed by atoms with Crippen molar-refractivity contribution in [1.29, 1.82) is 0 Å². The van der Waals surface area contributed by atoms with Crippen LogP contribution < -0.4 is 4.90 Å². The molecule has 1 aromatic carbocycles. The molecule has 1 aromatic heterocycles. The molecule has 1 atom stereocenters. The van der Waals surface area contributed by atoms with Crippen LogP contribution in [0.25, 0.3) is 0 Å². The van der Waals surface area contributed by atoms with Crippen LogP contribution >= 0.6 is 0 Å². The Bertz CT molecular complexity index is 791. The Labute approximate surface area is 145 Å². The van der Waals surface area contributed by atoms with Crippen LogP contribution in [0.4, 0.5) is 11.6 Å². The van der Waals surface area contributed by atoms with E-state index in [1.165, 1.54) is 31.0 Å². The molecule has 1 unspecified atom stereocenters. The highest BCUT2D eigenvalue weighted by Crippen LogP contribution is 2.32. The molecule has 7 nitrogen and oxygen atoms in total. The summed E-state index contributed by atoms with van der Waals surface area (Å²) in [6.45, 7) is 2.23. The minimum absolute atomic E-state index is 0.186. The molecule has 2 aliphatic heterocycles. The zero-order valence-electron chi connectivity index (χ0n) is 13.8. The Hall–Kier alpha value is -2.83. The SMILES string of the molecule is O=[N+]([O-])c1ccc(C2=NOC(c3ccc(N4CCCCC4)cc3)C2)o1. The number of oxime groups is 1. The lowest BCUT2D eigenvalue weighted by atomic mass is 10.0. The largest absolute Gasteiger partial charge is 0.433 e. The molecule has 25 heavy (non-hydrogen) atoms. The summed E-state index contributed by atoms with van der Waals surface area (Å²) in [6, 6.07) is 11.3. The second-order valence-electron chi connectivity index (χ2n) is 6.37. The van der Waals surface area contributed by atoms with Crippen LogP contribution in [-0.4, -0.2) is 23.7 Å². The van der Waals surface area contributed by atoms with Gasteiger partial charge in [-0.1, -0.05) is 17.3 Å². The number of anilines is 1. The standard InChI is InChI=1S/C18H19N3O4/c22-21(23)18-9-8-16(24-18)15-12-17(25-19-15)13-4-6-14(7-5-13)20-10-2-1-3-11-20/h4-9,17H,1-3,10-12H2. The molecule has 1 fully saturated rings. The van der Waals surface area contributed by atoms with Crippen molar-refractivity contribution in [2.45, 2.75) is 31.8 Å². The molecule has 0 aliphatic carbocycles. The Kier molecular flexibility index (Phi) is 4.13. The van der Waals surface area contributed by atoms with Gasteiger partial charge in [-0.15, -0.1) is 0 Å². The van der Waals surface area contributed by atoms with Gasteiger partial charge in [-0.05, 0) is 43.0 Å². The van der Waals surface area contributed by atoms with E-state index in [4.69, 9.17) is 9.25 Å². The van der Waals surface area contributed by atoms with Crippen LogP contribution in [-0.2, 0) is 4.84 Å². The lowest BCUT2D eigenvalue weighted by Gasteiger charge is -2.29. The molecule has 130 valence electrons. The van der Waals surface area contributed by atoms with Crippen molar-refractivity contribution in [3.05, 3.63) is 57.8 Å². The van der Waals surface area contributed by atoms with Gasteiger partial charge in [-0.3, -0.25) is 10.1 Å². The number of rotatable bonds is 4. The first kappa shape index (κ1) is 15.7. The average Bonchev–Trinajstić information content (AvgIpc) is 3.32. The van der Waals surface area contributed by atoms with Gasteiger partial charge in [0.2, 0.25) is 0 Å². The van der Waals surface area contributed by atoms with Crippen molar-refractivity contribution in [2.75, 3.05) is 18.0 Å². The monoisotopic (exact) mass is 341 g/mol.